The summed E-state index contributed by atoms with van der Waals surface area (Å²) < 4.78 is 1.38. The Balaban J connectivity index is 1.46. The van der Waals surface area contributed by atoms with E-state index in [-0.39, 0.29) is 5.41 Å². The number of hydrogen-bond acceptors (Lipinski definition) is 1. The first kappa shape index (κ1) is 23.0. The van der Waals surface area contributed by atoms with Crippen LogP contribution in [0.5, 0.6) is 0 Å². The van der Waals surface area contributed by atoms with Crippen LogP contribution in [0.25, 0.3) is 54.9 Å². The molecule has 0 fully saturated rings. The summed E-state index contributed by atoms with van der Waals surface area (Å²) in [7, 11) is 0. The molecular formula is C38H30S. The molecule has 2 aliphatic carbocycles. The van der Waals surface area contributed by atoms with Gasteiger partial charge in [0.15, 0.2) is 0 Å². The van der Waals surface area contributed by atoms with Gasteiger partial charge in [-0.1, -0.05) is 117 Å². The van der Waals surface area contributed by atoms with Crippen LogP contribution in [0.4, 0.5) is 0 Å². The van der Waals surface area contributed by atoms with Crippen molar-refractivity contribution in [3.8, 4) is 11.1 Å². The van der Waals surface area contributed by atoms with Crippen molar-refractivity contribution in [3.63, 3.8) is 0 Å². The van der Waals surface area contributed by atoms with Gasteiger partial charge >= 0.3 is 0 Å². The zero-order valence-electron chi connectivity index (χ0n) is 22.4. The first-order valence-corrected chi connectivity index (χ1v) is 14.9. The van der Waals surface area contributed by atoms with Crippen LogP contribution in [0.1, 0.15) is 47.4 Å². The SMILES string of the molecule is CC1C=Cc2cc(-c3c4ccccc4c(C4(C)CC=Cc5c4sc4ccccc54)c4ccccc34)ccc2C1. The average molecular weight is 519 g/mol. The molecule has 2 aliphatic rings. The smallest absolute Gasteiger partial charge is 0.0352 e. The summed E-state index contributed by atoms with van der Waals surface area (Å²) in [5, 5.41) is 6.81. The first-order chi connectivity index (χ1) is 19.1. The van der Waals surface area contributed by atoms with E-state index in [2.05, 4.69) is 129 Å². The molecule has 2 atom stereocenters. The Labute approximate surface area is 233 Å². The lowest BCUT2D eigenvalue weighted by atomic mass is 9.70. The summed E-state index contributed by atoms with van der Waals surface area (Å²) in [6.07, 6.45) is 11.6. The Morgan fingerprint density at radius 1 is 0.744 bits per heavy atom. The van der Waals surface area contributed by atoms with Gasteiger partial charge in [0.05, 0.1) is 0 Å². The van der Waals surface area contributed by atoms with E-state index in [0.29, 0.717) is 5.92 Å². The molecule has 0 bridgehead atoms. The first-order valence-electron chi connectivity index (χ1n) is 14.1. The topological polar surface area (TPSA) is 0 Å². The van der Waals surface area contributed by atoms with Crippen molar-refractivity contribution in [3.05, 3.63) is 130 Å². The third kappa shape index (κ3) is 3.36. The predicted octanol–water partition coefficient (Wildman–Crippen LogP) is 10.8. The highest BCUT2D eigenvalue weighted by Crippen LogP contribution is 2.53. The molecule has 0 amide bonds. The van der Waals surface area contributed by atoms with Crippen LogP contribution < -0.4 is 0 Å². The van der Waals surface area contributed by atoms with E-state index in [4.69, 9.17) is 0 Å². The highest BCUT2D eigenvalue weighted by molar-refractivity contribution is 7.19. The molecule has 0 saturated carbocycles. The Bertz CT molecular complexity index is 1940. The third-order valence-corrected chi connectivity index (χ3v) is 10.5. The van der Waals surface area contributed by atoms with Crippen LogP contribution in [0.2, 0.25) is 0 Å². The molecule has 39 heavy (non-hydrogen) atoms. The molecule has 2 unspecified atom stereocenters. The van der Waals surface area contributed by atoms with Crippen LogP contribution in [0.3, 0.4) is 0 Å². The fourth-order valence-electron chi connectivity index (χ4n) is 7.17. The van der Waals surface area contributed by atoms with Gasteiger partial charge in [-0.15, -0.1) is 11.3 Å². The summed E-state index contributed by atoms with van der Waals surface area (Å²) in [5.74, 6) is 0.605. The van der Waals surface area contributed by atoms with Gasteiger partial charge < -0.3 is 0 Å². The normalized spacial score (nSPS) is 20.0. The van der Waals surface area contributed by atoms with Crippen LogP contribution >= 0.6 is 11.3 Å². The summed E-state index contributed by atoms with van der Waals surface area (Å²) >= 11 is 1.98. The second-order valence-corrected chi connectivity index (χ2v) is 12.6. The highest BCUT2D eigenvalue weighted by Gasteiger charge is 2.37. The van der Waals surface area contributed by atoms with Crippen molar-refractivity contribution in [2.75, 3.05) is 0 Å². The zero-order chi connectivity index (χ0) is 26.1. The van der Waals surface area contributed by atoms with Gasteiger partial charge in [0.1, 0.15) is 0 Å². The van der Waals surface area contributed by atoms with E-state index < -0.39 is 0 Å². The molecular weight excluding hydrogens is 488 g/mol. The standard InChI is InChI=1S/C38H30S/c1-24-17-18-26-23-27(20-19-25(26)22-24)35-29-11-3-5-13-31(29)36(32-14-6-4-12-30(32)35)38(2)21-9-15-33-28-10-7-8-16-34(28)39-37(33)38/h3-20,23-24H,21-22H2,1-2H3. The molecule has 5 aromatic carbocycles. The van der Waals surface area contributed by atoms with Gasteiger partial charge in [-0.25, -0.2) is 0 Å². The van der Waals surface area contributed by atoms with Crippen molar-refractivity contribution in [1.82, 2.24) is 0 Å². The Kier molecular flexibility index (Phi) is 5.03. The molecule has 0 nitrogen and oxygen atoms in total. The van der Waals surface area contributed by atoms with E-state index >= 15 is 0 Å². The number of benzene rings is 5. The predicted molar refractivity (Wildman–Crippen MR) is 171 cm³/mol. The molecule has 8 rings (SSSR count). The van der Waals surface area contributed by atoms with E-state index in [1.165, 1.54) is 69.9 Å². The number of thiophene rings is 1. The third-order valence-electron chi connectivity index (χ3n) is 9.01. The van der Waals surface area contributed by atoms with E-state index in [1.807, 2.05) is 11.3 Å². The van der Waals surface area contributed by atoms with E-state index in [0.717, 1.165) is 12.8 Å². The Morgan fingerprint density at radius 3 is 2.15 bits per heavy atom. The summed E-state index contributed by atoms with van der Waals surface area (Å²) in [6.45, 7) is 4.78. The van der Waals surface area contributed by atoms with Crippen molar-refractivity contribution < 1.29 is 0 Å². The Morgan fingerprint density at radius 2 is 1.41 bits per heavy atom. The minimum atomic E-state index is -0.111. The Hall–Kier alpha value is -3.94. The molecule has 0 aliphatic heterocycles. The van der Waals surface area contributed by atoms with Crippen LogP contribution in [-0.2, 0) is 11.8 Å². The van der Waals surface area contributed by atoms with Gasteiger partial charge in [-0.05, 0) is 91.2 Å². The lowest BCUT2D eigenvalue weighted by Gasteiger charge is -2.35. The molecule has 6 aromatic rings. The fraction of sp³-hybridized carbons (Fsp3) is 0.158. The maximum Gasteiger partial charge on any atom is 0.0352 e. The molecule has 1 heteroatoms. The molecule has 0 radical (unpaired) electrons. The molecule has 1 heterocycles. The van der Waals surface area contributed by atoms with Crippen molar-refractivity contribution >= 4 is 55.1 Å². The lowest BCUT2D eigenvalue weighted by Crippen LogP contribution is -2.25. The number of fused-ring (bicyclic) bond motifs is 6. The van der Waals surface area contributed by atoms with Gasteiger partial charge in [0, 0.05) is 15.0 Å². The second-order valence-electron chi connectivity index (χ2n) is 11.6. The summed E-state index contributed by atoms with van der Waals surface area (Å²) in [5.41, 5.74) is 8.23. The summed E-state index contributed by atoms with van der Waals surface area (Å²) in [4.78, 5) is 1.49. The fourth-order valence-corrected chi connectivity index (χ4v) is 8.52. The molecule has 0 N–H and O–H groups in total. The van der Waals surface area contributed by atoms with Gasteiger partial charge in [-0.2, -0.15) is 0 Å². The largest absolute Gasteiger partial charge is 0.139 e. The minimum absolute atomic E-state index is 0.111. The molecule has 188 valence electrons. The quantitative estimate of drug-likeness (QED) is 0.200. The van der Waals surface area contributed by atoms with Gasteiger partial charge in [-0.3, -0.25) is 0 Å². The molecule has 1 aromatic heterocycles. The average Bonchev–Trinajstić information content (AvgIpc) is 3.36. The van der Waals surface area contributed by atoms with Crippen LogP contribution in [0, 0.1) is 5.92 Å². The highest BCUT2D eigenvalue weighted by atomic mass is 32.1. The maximum absolute atomic E-state index is 2.48. The van der Waals surface area contributed by atoms with Crippen LogP contribution in [-0.4, -0.2) is 0 Å². The maximum atomic E-state index is 2.48. The zero-order valence-corrected chi connectivity index (χ0v) is 23.2. The molecule has 0 spiro atoms. The summed E-state index contributed by atoms with van der Waals surface area (Å²) in [6, 6.07) is 34.3. The van der Waals surface area contributed by atoms with Gasteiger partial charge in [0.25, 0.3) is 0 Å². The lowest BCUT2D eigenvalue weighted by molar-refractivity contribution is 0.598. The van der Waals surface area contributed by atoms with Gasteiger partial charge in [0.2, 0.25) is 0 Å². The van der Waals surface area contributed by atoms with Crippen LogP contribution in [0.15, 0.2) is 103 Å². The van der Waals surface area contributed by atoms with Crippen molar-refractivity contribution in [2.24, 2.45) is 5.92 Å². The number of allylic oxidation sites excluding steroid dienone is 2. The van der Waals surface area contributed by atoms with Crippen molar-refractivity contribution in [1.29, 1.82) is 0 Å². The van der Waals surface area contributed by atoms with E-state index in [9.17, 15) is 0 Å². The second kappa shape index (κ2) is 8.53. The minimum Gasteiger partial charge on any atom is -0.139 e. The molecule has 0 saturated heterocycles. The van der Waals surface area contributed by atoms with E-state index in [1.54, 1.807) is 0 Å². The monoisotopic (exact) mass is 518 g/mol. The van der Waals surface area contributed by atoms with Crippen molar-refractivity contribution in [2.45, 2.75) is 32.1 Å². The number of rotatable bonds is 2. The number of hydrogen-bond donors (Lipinski definition) is 0.